The topological polar surface area (TPSA) is 35.6 Å². The van der Waals surface area contributed by atoms with Crippen LogP contribution in [0.2, 0.25) is 0 Å². The maximum absolute atomic E-state index is 12.6. The normalized spacial score (nSPS) is 17.4. The summed E-state index contributed by atoms with van der Waals surface area (Å²) >= 11 is 1.77. The second-order valence-corrected chi connectivity index (χ2v) is 9.03. The minimum absolute atomic E-state index is 0.119. The lowest BCUT2D eigenvalue weighted by Gasteiger charge is -2.37. The van der Waals surface area contributed by atoms with E-state index in [-0.39, 0.29) is 5.91 Å². The number of aryl methyl sites for hydroxylation is 2. The molecule has 1 aromatic heterocycles. The highest BCUT2D eigenvalue weighted by Gasteiger charge is 2.21. The van der Waals surface area contributed by atoms with Gasteiger partial charge in [0.2, 0.25) is 0 Å². The van der Waals surface area contributed by atoms with Crippen molar-refractivity contribution in [3.63, 3.8) is 0 Å². The van der Waals surface area contributed by atoms with Gasteiger partial charge in [0.15, 0.2) is 0 Å². The van der Waals surface area contributed by atoms with E-state index in [0.29, 0.717) is 0 Å². The number of thiophene rings is 1. The number of hydrogen-bond donors (Lipinski definition) is 1. The summed E-state index contributed by atoms with van der Waals surface area (Å²) in [5, 5.41) is 5.22. The smallest absolute Gasteiger partial charge is 0.252 e. The number of anilines is 1. The third-order valence-corrected chi connectivity index (χ3v) is 7.40. The molecule has 1 aliphatic carbocycles. The Kier molecular flexibility index (Phi) is 6.02. The summed E-state index contributed by atoms with van der Waals surface area (Å²) in [7, 11) is 0. The monoisotopic (exact) mass is 397 g/mol. The standard InChI is InChI=1S/C23H31N3OS/c1-17-6-5-8-21(18(17)2)26-14-12-25(13-15-26)11-10-24-23(27)20-16-28-22-9-4-3-7-19(20)22/h5-6,8,16H,3-4,7,9-15H2,1-2H3,(H,24,27). The number of piperazine rings is 1. The van der Waals surface area contributed by atoms with Crippen molar-refractivity contribution in [2.45, 2.75) is 39.5 Å². The SMILES string of the molecule is Cc1cccc(N2CCN(CCNC(=O)c3csc4c3CCCC4)CC2)c1C. The first kappa shape index (κ1) is 19.5. The van der Waals surface area contributed by atoms with Gasteiger partial charge in [0.1, 0.15) is 0 Å². The molecule has 0 atom stereocenters. The molecule has 2 aliphatic rings. The Labute approximate surface area is 172 Å². The predicted octanol–water partition coefficient (Wildman–Crippen LogP) is 3.80. The van der Waals surface area contributed by atoms with E-state index < -0.39 is 0 Å². The van der Waals surface area contributed by atoms with Crippen LogP contribution < -0.4 is 10.2 Å². The van der Waals surface area contributed by atoms with E-state index in [1.54, 1.807) is 11.3 Å². The Bertz CT molecular complexity index is 836. The number of carbonyl (C=O) groups is 1. The van der Waals surface area contributed by atoms with Crippen LogP contribution in [-0.4, -0.2) is 50.1 Å². The number of hydrogen-bond acceptors (Lipinski definition) is 4. The number of amides is 1. The summed E-state index contributed by atoms with van der Waals surface area (Å²) in [6.45, 7) is 10.3. The van der Waals surface area contributed by atoms with Crippen LogP contribution in [0.3, 0.4) is 0 Å². The molecule has 4 nitrogen and oxygen atoms in total. The van der Waals surface area contributed by atoms with E-state index in [0.717, 1.165) is 57.7 Å². The van der Waals surface area contributed by atoms with Gasteiger partial charge in [0.05, 0.1) is 5.56 Å². The summed E-state index contributed by atoms with van der Waals surface area (Å²) in [5.74, 6) is 0.119. The van der Waals surface area contributed by atoms with Crippen molar-refractivity contribution in [3.8, 4) is 0 Å². The van der Waals surface area contributed by atoms with E-state index in [1.165, 1.54) is 40.1 Å². The Hall–Kier alpha value is -1.85. The highest BCUT2D eigenvalue weighted by molar-refractivity contribution is 7.10. The summed E-state index contributed by atoms with van der Waals surface area (Å²) in [4.78, 5) is 19.0. The molecule has 0 radical (unpaired) electrons. The van der Waals surface area contributed by atoms with Gasteiger partial charge < -0.3 is 10.2 Å². The van der Waals surface area contributed by atoms with Gasteiger partial charge in [-0.1, -0.05) is 12.1 Å². The molecule has 1 fully saturated rings. The highest BCUT2D eigenvalue weighted by Crippen LogP contribution is 2.30. The quantitative estimate of drug-likeness (QED) is 0.834. The summed E-state index contributed by atoms with van der Waals surface area (Å²) < 4.78 is 0. The lowest BCUT2D eigenvalue weighted by Crippen LogP contribution is -2.48. The van der Waals surface area contributed by atoms with Gasteiger partial charge in [-0.3, -0.25) is 9.69 Å². The van der Waals surface area contributed by atoms with Gasteiger partial charge in [-0.05, 0) is 62.3 Å². The molecule has 2 heterocycles. The molecule has 150 valence electrons. The van der Waals surface area contributed by atoms with E-state index >= 15 is 0 Å². The largest absolute Gasteiger partial charge is 0.369 e. The molecule has 1 N–H and O–H groups in total. The second-order valence-electron chi connectivity index (χ2n) is 8.06. The summed E-state index contributed by atoms with van der Waals surface area (Å²) in [5.41, 5.74) is 6.37. The molecule has 1 amide bonds. The van der Waals surface area contributed by atoms with Crippen LogP contribution in [0, 0.1) is 13.8 Å². The van der Waals surface area contributed by atoms with Gasteiger partial charge in [-0.2, -0.15) is 0 Å². The van der Waals surface area contributed by atoms with Crippen LogP contribution in [0.15, 0.2) is 23.6 Å². The average Bonchev–Trinajstić information content (AvgIpc) is 3.15. The van der Waals surface area contributed by atoms with Crippen molar-refractivity contribution in [1.82, 2.24) is 10.2 Å². The number of nitrogens with zero attached hydrogens (tertiary/aromatic N) is 2. The van der Waals surface area contributed by atoms with Crippen molar-refractivity contribution in [2.24, 2.45) is 0 Å². The third-order valence-electron chi connectivity index (χ3n) is 6.31. The first-order valence-corrected chi connectivity index (χ1v) is 11.4. The van der Waals surface area contributed by atoms with E-state index in [2.05, 4.69) is 52.5 Å². The molecule has 1 aromatic carbocycles. The van der Waals surface area contributed by atoms with Gasteiger partial charge in [0.25, 0.3) is 5.91 Å². The van der Waals surface area contributed by atoms with Crippen molar-refractivity contribution >= 4 is 22.9 Å². The number of nitrogens with one attached hydrogen (secondary N) is 1. The number of benzene rings is 1. The van der Waals surface area contributed by atoms with Crippen molar-refractivity contribution < 1.29 is 4.79 Å². The fourth-order valence-electron chi connectivity index (χ4n) is 4.40. The van der Waals surface area contributed by atoms with Gasteiger partial charge in [-0.25, -0.2) is 0 Å². The van der Waals surface area contributed by atoms with Crippen LogP contribution >= 0.6 is 11.3 Å². The number of carbonyl (C=O) groups excluding carboxylic acids is 1. The Balaban J connectivity index is 1.24. The molecule has 0 bridgehead atoms. The lowest BCUT2D eigenvalue weighted by molar-refractivity contribution is 0.0947. The van der Waals surface area contributed by atoms with Gasteiger partial charge >= 0.3 is 0 Å². The minimum Gasteiger partial charge on any atom is -0.369 e. The van der Waals surface area contributed by atoms with Crippen molar-refractivity contribution in [2.75, 3.05) is 44.2 Å². The molecule has 0 unspecified atom stereocenters. The van der Waals surface area contributed by atoms with Crippen LogP contribution in [0.5, 0.6) is 0 Å². The maximum Gasteiger partial charge on any atom is 0.252 e. The van der Waals surface area contributed by atoms with Crippen molar-refractivity contribution in [1.29, 1.82) is 0 Å². The molecule has 2 aromatic rings. The number of rotatable bonds is 5. The Morgan fingerprint density at radius 2 is 1.89 bits per heavy atom. The molecule has 4 rings (SSSR count). The zero-order valence-electron chi connectivity index (χ0n) is 17.1. The van der Waals surface area contributed by atoms with Gasteiger partial charge in [-0.15, -0.1) is 11.3 Å². The Morgan fingerprint density at radius 1 is 1.11 bits per heavy atom. The predicted molar refractivity (Wildman–Crippen MR) is 118 cm³/mol. The average molecular weight is 398 g/mol. The summed E-state index contributed by atoms with van der Waals surface area (Å²) in [6.07, 6.45) is 4.71. The van der Waals surface area contributed by atoms with Crippen LogP contribution in [0.1, 0.15) is 44.8 Å². The molecule has 0 saturated carbocycles. The molecular weight excluding hydrogens is 366 g/mol. The van der Waals surface area contributed by atoms with Crippen LogP contribution in [0.4, 0.5) is 5.69 Å². The Morgan fingerprint density at radius 3 is 2.71 bits per heavy atom. The molecular formula is C23H31N3OS. The van der Waals surface area contributed by atoms with Gasteiger partial charge in [0, 0.05) is 55.2 Å². The molecule has 28 heavy (non-hydrogen) atoms. The third kappa shape index (κ3) is 4.11. The minimum atomic E-state index is 0.119. The highest BCUT2D eigenvalue weighted by atomic mass is 32.1. The zero-order chi connectivity index (χ0) is 19.5. The zero-order valence-corrected chi connectivity index (χ0v) is 17.9. The molecule has 0 spiro atoms. The lowest BCUT2D eigenvalue weighted by atomic mass is 9.96. The van der Waals surface area contributed by atoms with E-state index in [1.807, 2.05) is 0 Å². The first-order chi connectivity index (χ1) is 13.6. The van der Waals surface area contributed by atoms with Crippen LogP contribution in [0.25, 0.3) is 0 Å². The second kappa shape index (κ2) is 8.66. The fourth-order valence-corrected chi connectivity index (χ4v) is 5.52. The van der Waals surface area contributed by atoms with Crippen molar-refractivity contribution in [3.05, 3.63) is 50.7 Å². The fraction of sp³-hybridized carbons (Fsp3) is 0.522. The maximum atomic E-state index is 12.6. The summed E-state index contributed by atoms with van der Waals surface area (Å²) in [6, 6.07) is 6.57. The van der Waals surface area contributed by atoms with E-state index in [4.69, 9.17) is 0 Å². The first-order valence-electron chi connectivity index (χ1n) is 10.5. The molecule has 1 saturated heterocycles. The molecule has 1 aliphatic heterocycles. The van der Waals surface area contributed by atoms with Crippen LogP contribution in [-0.2, 0) is 12.8 Å². The number of fused-ring (bicyclic) bond motifs is 1. The molecule has 5 heteroatoms. The van der Waals surface area contributed by atoms with E-state index in [9.17, 15) is 4.79 Å².